The first kappa shape index (κ1) is 48.5. The Morgan fingerprint density at radius 2 is 1.60 bits per heavy atom. The molecule has 4 aromatic rings. The Labute approximate surface area is 395 Å². The topological polar surface area (TPSA) is 128 Å². The highest BCUT2D eigenvalue weighted by Crippen LogP contribution is 2.43. The van der Waals surface area contributed by atoms with Gasteiger partial charge in [-0.25, -0.2) is 13.1 Å². The van der Waals surface area contributed by atoms with Crippen molar-refractivity contribution in [1.82, 2.24) is 14.5 Å². The van der Waals surface area contributed by atoms with Gasteiger partial charge >= 0.3 is 0 Å². The standard InChI is InChI=1S/C51H65ClN6O5S2/c1-37(2)32-38-21-25-55(26-22-38)27-23-43(36-64-45-8-6-5-7-9-45)53-48-19-18-46(33-49(48)58(60)61)65(62,63)54-50(59)40-12-16-44(17-13-40)57-30-28-56(29-31-57)35-41-34-51(3,4)24-20-47(41)39-10-14-42(52)15-11-39/h5-19,33,37-38,43,53H,20-32,34-36H2,1-4H3,(H,54,59)/t43-/m1/s1. The van der Waals surface area contributed by atoms with E-state index in [9.17, 15) is 23.3 Å². The van der Waals surface area contributed by atoms with Crippen LogP contribution in [0, 0.1) is 27.4 Å². The highest BCUT2D eigenvalue weighted by molar-refractivity contribution is 7.99. The van der Waals surface area contributed by atoms with Crippen molar-refractivity contribution in [3.8, 4) is 0 Å². The van der Waals surface area contributed by atoms with Crippen molar-refractivity contribution < 1.29 is 18.1 Å². The summed E-state index contributed by atoms with van der Waals surface area (Å²) in [5, 5.41) is 16.6. The second kappa shape index (κ2) is 21.9. The van der Waals surface area contributed by atoms with Crippen LogP contribution in [0.15, 0.2) is 112 Å². The molecule has 2 N–H and O–H groups in total. The molecule has 65 heavy (non-hydrogen) atoms. The molecule has 0 aromatic heterocycles. The number of halogens is 1. The zero-order chi connectivity index (χ0) is 46.1. The number of likely N-dealkylation sites (tertiary alicyclic amines) is 1. The third-order valence-electron chi connectivity index (χ3n) is 13.2. The van der Waals surface area contributed by atoms with E-state index >= 15 is 0 Å². The van der Waals surface area contributed by atoms with Crippen molar-refractivity contribution in [2.75, 3.05) is 68.3 Å². The molecule has 2 heterocycles. The number of rotatable bonds is 18. The van der Waals surface area contributed by atoms with Crippen LogP contribution in [0.25, 0.3) is 5.57 Å². The van der Waals surface area contributed by atoms with E-state index in [4.69, 9.17) is 11.6 Å². The number of hydrogen-bond donors (Lipinski definition) is 2. The first-order chi connectivity index (χ1) is 31.1. The van der Waals surface area contributed by atoms with E-state index in [1.165, 1.54) is 48.1 Å². The number of nitrogens with one attached hydrogen (secondary N) is 2. The fraction of sp³-hybridized carbons (Fsp3) is 0.471. The summed E-state index contributed by atoms with van der Waals surface area (Å²) in [4.78, 5) is 33.3. The van der Waals surface area contributed by atoms with Crippen LogP contribution < -0.4 is 14.9 Å². The fourth-order valence-electron chi connectivity index (χ4n) is 9.59. The first-order valence-corrected chi connectivity index (χ1v) is 26.0. The number of anilines is 2. The fourth-order valence-corrected chi connectivity index (χ4v) is 11.7. The van der Waals surface area contributed by atoms with Gasteiger partial charge in [0.25, 0.3) is 21.6 Å². The van der Waals surface area contributed by atoms with Crippen LogP contribution in [-0.4, -0.2) is 93.2 Å². The lowest BCUT2D eigenvalue weighted by atomic mass is 9.73. The van der Waals surface area contributed by atoms with E-state index in [0.29, 0.717) is 11.7 Å². The molecule has 2 fully saturated rings. The molecule has 2 aliphatic heterocycles. The molecule has 1 aliphatic carbocycles. The van der Waals surface area contributed by atoms with Crippen molar-refractivity contribution in [3.63, 3.8) is 0 Å². The van der Waals surface area contributed by atoms with Crippen LogP contribution in [0.4, 0.5) is 17.1 Å². The number of nitrogens with zero attached hydrogens (tertiary/aromatic N) is 4. The summed E-state index contributed by atoms with van der Waals surface area (Å²) >= 11 is 7.89. The van der Waals surface area contributed by atoms with Crippen molar-refractivity contribution >= 4 is 61.9 Å². The molecule has 3 aliphatic rings. The van der Waals surface area contributed by atoms with Gasteiger partial charge in [0.15, 0.2) is 0 Å². The van der Waals surface area contributed by atoms with Gasteiger partial charge in [-0.1, -0.05) is 75.2 Å². The smallest absolute Gasteiger partial charge is 0.293 e. The molecule has 11 nitrogen and oxygen atoms in total. The third-order valence-corrected chi connectivity index (χ3v) is 16.0. The SMILES string of the molecule is CC(C)CC1CCN(CC[C@H](CSc2ccccc2)Nc2ccc(S(=O)(=O)NC(=O)c3ccc(N4CCN(CC5=C(c6ccc(Cl)cc6)CCC(C)(C)C5)CC4)cc3)cc2[N+](=O)[O-])CC1. The molecular weight excluding hydrogens is 876 g/mol. The molecule has 0 unspecified atom stereocenters. The van der Waals surface area contributed by atoms with E-state index < -0.39 is 20.9 Å². The lowest BCUT2D eigenvalue weighted by molar-refractivity contribution is -0.384. The van der Waals surface area contributed by atoms with Gasteiger partial charge in [-0.2, -0.15) is 0 Å². The Balaban J connectivity index is 0.956. The quantitative estimate of drug-likeness (QED) is 0.0565. The van der Waals surface area contributed by atoms with Gasteiger partial charge in [-0.15, -0.1) is 11.8 Å². The number of piperazine rings is 1. The number of sulfonamides is 1. The van der Waals surface area contributed by atoms with Gasteiger partial charge in [0.05, 0.1) is 9.82 Å². The van der Waals surface area contributed by atoms with Crippen LogP contribution in [0.3, 0.4) is 0 Å². The number of hydrogen-bond acceptors (Lipinski definition) is 10. The third kappa shape index (κ3) is 13.6. The van der Waals surface area contributed by atoms with Gasteiger partial charge in [0.2, 0.25) is 0 Å². The van der Waals surface area contributed by atoms with Crippen LogP contribution >= 0.6 is 23.4 Å². The van der Waals surface area contributed by atoms with Gasteiger partial charge < -0.3 is 15.1 Å². The Morgan fingerprint density at radius 1 is 0.908 bits per heavy atom. The Bertz CT molecular complexity index is 2380. The molecular formula is C51H65ClN6O5S2. The molecule has 0 saturated carbocycles. The van der Waals surface area contributed by atoms with Crippen molar-refractivity contribution in [3.05, 3.63) is 129 Å². The second-order valence-electron chi connectivity index (χ2n) is 19.3. The van der Waals surface area contributed by atoms with Gasteiger partial charge in [-0.05, 0) is 147 Å². The van der Waals surface area contributed by atoms with Gasteiger partial charge in [-0.3, -0.25) is 19.8 Å². The van der Waals surface area contributed by atoms with E-state index in [1.807, 2.05) is 54.6 Å². The minimum Gasteiger partial charge on any atom is -0.376 e. The average molecular weight is 942 g/mol. The summed E-state index contributed by atoms with van der Waals surface area (Å²) in [6.07, 6.45) is 7.67. The number of amides is 1. The highest BCUT2D eigenvalue weighted by Gasteiger charge is 2.30. The summed E-state index contributed by atoms with van der Waals surface area (Å²) in [7, 11) is -4.44. The molecule has 348 valence electrons. The maximum Gasteiger partial charge on any atom is 0.293 e. The lowest BCUT2D eigenvalue weighted by Gasteiger charge is -2.39. The van der Waals surface area contributed by atoms with E-state index in [1.54, 1.807) is 23.9 Å². The number of allylic oxidation sites excluding steroid dienone is 1. The van der Waals surface area contributed by atoms with Gasteiger partial charge in [0, 0.05) is 78.3 Å². The lowest BCUT2D eigenvalue weighted by Crippen LogP contribution is -2.47. The van der Waals surface area contributed by atoms with Crippen LogP contribution in [0.5, 0.6) is 0 Å². The van der Waals surface area contributed by atoms with Crippen molar-refractivity contribution in [2.45, 2.75) is 88.5 Å². The van der Waals surface area contributed by atoms with E-state index in [2.05, 4.69) is 64.6 Å². The summed E-state index contributed by atoms with van der Waals surface area (Å²) in [6.45, 7) is 16.6. The summed E-state index contributed by atoms with van der Waals surface area (Å²) < 4.78 is 29.3. The minimum atomic E-state index is -4.44. The van der Waals surface area contributed by atoms with E-state index in [-0.39, 0.29) is 33.3 Å². The number of nitro groups is 1. The number of benzene rings is 4. The van der Waals surface area contributed by atoms with Crippen LogP contribution in [0.1, 0.15) is 88.6 Å². The summed E-state index contributed by atoms with van der Waals surface area (Å²) in [6, 6.07) is 28.9. The Morgan fingerprint density at radius 3 is 2.26 bits per heavy atom. The molecule has 4 aromatic carbocycles. The van der Waals surface area contributed by atoms with Crippen LogP contribution in [-0.2, 0) is 10.0 Å². The van der Waals surface area contributed by atoms with E-state index in [0.717, 1.165) is 106 Å². The second-order valence-corrected chi connectivity index (χ2v) is 22.5. The van der Waals surface area contributed by atoms with Gasteiger partial charge in [0.1, 0.15) is 5.69 Å². The molecule has 0 bridgehead atoms. The number of thioether (sulfide) groups is 1. The molecule has 0 radical (unpaired) electrons. The predicted molar refractivity (Wildman–Crippen MR) is 267 cm³/mol. The molecule has 7 rings (SSSR count). The number of carbonyl (C=O) groups excluding carboxylic acids is 1. The Kier molecular flexibility index (Phi) is 16.4. The monoisotopic (exact) mass is 940 g/mol. The molecule has 1 amide bonds. The summed E-state index contributed by atoms with van der Waals surface area (Å²) in [5.74, 6) is 1.31. The molecule has 14 heteroatoms. The minimum absolute atomic E-state index is 0.123. The average Bonchev–Trinajstić information content (AvgIpc) is 3.28. The highest BCUT2D eigenvalue weighted by atomic mass is 35.5. The number of carbonyl (C=O) groups is 1. The largest absolute Gasteiger partial charge is 0.376 e. The number of piperidine rings is 1. The normalized spacial score (nSPS) is 18.2. The van der Waals surface area contributed by atoms with Crippen molar-refractivity contribution in [1.29, 1.82) is 0 Å². The molecule has 0 spiro atoms. The maximum absolute atomic E-state index is 13.6. The zero-order valence-electron chi connectivity index (χ0n) is 38.3. The zero-order valence-corrected chi connectivity index (χ0v) is 40.7. The first-order valence-electron chi connectivity index (χ1n) is 23.2. The predicted octanol–water partition coefficient (Wildman–Crippen LogP) is 10.9. The maximum atomic E-state index is 13.6. The molecule has 1 atom stereocenters. The van der Waals surface area contributed by atoms with Crippen molar-refractivity contribution in [2.24, 2.45) is 17.3 Å². The summed E-state index contributed by atoms with van der Waals surface area (Å²) in [5.41, 5.74) is 5.46. The Hall–Kier alpha value is -4.40. The number of nitro benzene ring substituents is 1. The molecule has 2 saturated heterocycles. The van der Waals surface area contributed by atoms with Crippen LogP contribution in [0.2, 0.25) is 5.02 Å².